The SMILES string of the molecule is Cc1c(Cl)nn2c(-c3ccc(Br)cn3)nnc2c1C. The van der Waals surface area contributed by atoms with Crippen LogP contribution < -0.4 is 0 Å². The van der Waals surface area contributed by atoms with Gasteiger partial charge in [-0.05, 0) is 47.5 Å². The van der Waals surface area contributed by atoms with E-state index in [9.17, 15) is 0 Å². The summed E-state index contributed by atoms with van der Waals surface area (Å²) >= 11 is 9.47. The van der Waals surface area contributed by atoms with E-state index in [2.05, 4.69) is 36.2 Å². The van der Waals surface area contributed by atoms with E-state index in [1.165, 1.54) is 0 Å². The van der Waals surface area contributed by atoms with Crippen molar-refractivity contribution in [3.8, 4) is 11.5 Å². The largest absolute Gasteiger partial charge is 0.252 e. The molecule has 19 heavy (non-hydrogen) atoms. The number of fused-ring (bicyclic) bond motifs is 1. The van der Waals surface area contributed by atoms with E-state index >= 15 is 0 Å². The summed E-state index contributed by atoms with van der Waals surface area (Å²) in [5.41, 5.74) is 3.27. The Morgan fingerprint density at radius 3 is 2.63 bits per heavy atom. The van der Waals surface area contributed by atoms with Crippen LogP contribution in [0.4, 0.5) is 0 Å². The van der Waals surface area contributed by atoms with Crippen LogP contribution in [-0.2, 0) is 0 Å². The van der Waals surface area contributed by atoms with E-state index in [1.807, 2.05) is 26.0 Å². The lowest BCUT2D eigenvalue weighted by molar-refractivity contribution is 0.914. The molecule has 3 heterocycles. The highest BCUT2D eigenvalue weighted by molar-refractivity contribution is 9.10. The number of halogens is 2. The number of aryl methyl sites for hydroxylation is 1. The summed E-state index contributed by atoms with van der Waals surface area (Å²) in [7, 11) is 0. The maximum absolute atomic E-state index is 6.12. The summed E-state index contributed by atoms with van der Waals surface area (Å²) in [6, 6.07) is 3.75. The Kier molecular flexibility index (Phi) is 2.99. The highest BCUT2D eigenvalue weighted by Gasteiger charge is 2.15. The van der Waals surface area contributed by atoms with Crippen LogP contribution in [0, 0.1) is 13.8 Å². The third-order valence-electron chi connectivity index (χ3n) is 2.99. The molecule has 5 nitrogen and oxygen atoms in total. The van der Waals surface area contributed by atoms with E-state index in [0.29, 0.717) is 22.3 Å². The van der Waals surface area contributed by atoms with Crippen molar-refractivity contribution < 1.29 is 0 Å². The molecule has 0 saturated carbocycles. The Morgan fingerprint density at radius 2 is 1.95 bits per heavy atom. The van der Waals surface area contributed by atoms with Crippen LogP contribution in [0.15, 0.2) is 22.8 Å². The second-order valence-corrected chi connectivity index (χ2v) is 5.44. The van der Waals surface area contributed by atoms with Crippen molar-refractivity contribution in [3.05, 3.63) is 39.1 Å². The molecule has 0 N–H and O–H groups in total. The molecule has 3 aromatic rings. The average Bonchev–Trinajstić information content (AvgIpc) is 2.81. The molecule has 0 spiro atoms. The van der Waals surface area contributed by atoms with Crippen molar-refractivity contribution in [1.29, 1.82) is 0 Å². The van der Waals surface area contributed by atoms with Crippen molar-refractivity contribution >= 4 is 33.2 Å². The second-order valence-electron chi connectivity index (χ2n) is 4.16. The quantitative estimate of drug-likeness (QED) is 0.683. The number of aromatic nitrogens is 5. The van der Waals surface area contributed by atoms with Crippen LogP contribution in [0.25, 0.3) is 17.2 Å². The predicted octanol–water partition coefficient (Wildman–Crippen LogP) is 3.22. The van der Waals surface area contributed by atoms with Crippen molar-refractivity contribution in [1.82, 2.24) is 24.8 Å². The van der Waals surface area contributed by atoms with E-state index in [0.717, 1.165) is 15.6 Å². The van der Waals surface area contributed by atoms with Crippen LogP contribution in [-0.4, -0.2) is 24.8 Å². The van der Waals surface area contributed by atoms with E-state index in [-0.39, 0.29) is 0 Å². The number of rotatable bonds is 1. The van der Waals surface area contributed by atoms with Crippen LogP contribution in [0.2, 0.25) is 5.15 Å². The van der Waals surface area contributed by atoms with Crippen LogP contribution in [0.1, 0.15) is 11.1 Å². The lowest BCUT2D eigenvalue weighted by atomic mass is 10.2. The number of pyridine rings is 1. The number of hydrogen-bond donors (Lipinski definition) is 0. The first-order chi connectivity index (χ1) is 9.08. The van der Waals surface area contributed by atoms with Crippen molar-refractivity contribution in [3.63, 3.8) is 0 Å². The summed E-state index contributed by atoms with van der Waals surface area (Å²) < 4.78 is 2.53. The minimum atomic E-state index is 0.447. The lowest BCUT2D eigenvalue weighted by Gasteiger charge is -2.04. The van der Waals surface area contributed by atoms with E-state index < -0.39 is 0 Å². The molecule has 0 bridgehead atoms. The van der Waals surface area contributed by atoms with Gasteiger partial charge in [-0.25, -0.2) is 0 Å². The number of hydrogen-bond acceptors (Lipinski definition) is 4. The first-order valence-corrected chi connectivity index (χ1v) is 6.75. The van der Waals surface area contributed by atoms with Gasteiger partial charge in [0.1, 0.15) is 5.69 Å². The van der Waals surface area contributed by atoms with Crippen LogP contribution in [0.5, 0.6) is 0 Å². The molecule has 0 atom stereocenters. The molecule has 0 aliphatic heterocycles. The average molecular weight is 339 g/mol. The summed E-state index contributed by atoms with van der Waals surface area (Å²) in [6.07, 6.45) is 1.71. The first-order valence-electron chi connectivity index (χ1n) is 5.58. The lowest BCUT2D eigenvalue weighted by Crippen LogP contribution is -2.00. The van der Waals surface area contributed by atoms with Gasteiger partial charge in [-0.2, -0.15) is 9.61 Å². The van der Waals surface area contributed by atoms with Crippen molar-refractivity contribution in [2.24, 2.45) is 0 Å². The van der Waals surface area contributed by atoms with Crippen LogP contribution >= 0.6 is 27.5 Å². The van der Waals surface area contributed by atoms with Gasteiger partial charge < -0.3 is 0 Å². The maximum Gasteiger partial charge on any atom is 0.203 e. The van der Waals surface area contributed by atoms with Gasteiger partial charge in [0.15, 0.2) is 10.8 Å². The second kappa shape index (κ2) is 4.54. The molecule has 7 heteroatoms. The molecule has 0 fully saturated rings. The number of nitrogens with zero attached hydrogens (tertiary/aromatic N) is 5. The Labute approximate surface area is 122 Å². The monoisotopic (exact) mass is 337 g/mol. The highest BCUT2D eigenvalue weighted by atomic mass is 79.9. The Morgan fingerprint density at radius 1 is 1.16 bits per heavy atom. The third-order valence-corrected chi connectivity index (χ3v) is 3.82. The normalized spacial score (nSPS) is 11.2. The van der Waals surface area contributed by atoms with Gasteiger partial charge >= 0.3 is 0 Å². The van der Waals surface area contributed by atoms with Gasteiger partial charge in [-0.1, -0.05) is 11.6 Å². The highest BCUT2D eigenvalue weighted by Crippen LogP contribution is 2.23. The van der Waals surface area contributed by atoms with E-state index in [1.54, 1.807) is 10.7 Å². The zero-order valence-electron chi connectivity index (χ0n) is 10.2. The molecule has 0 radical (unpaired) electrons. The Bertz CT molecular complexity index is 766. The fourth-order valence-corrected chi connectivity index (χ4v) is 2.21. The van der Waals surface area contributed by atoms with Crippen LogP contribution in [0.3, 0.4) is 0 Å². The Hall–Kier alpha value is -1.53. The topological polar surface area (TPSA) is 56.0 Å². The maximum atomic E-state index is 6.12. The van der Waals surface area contributed by atoms with E-state index in [4.69, 9.17) is 11.6 Å². The third kappa shape index (κ3) is 2.01. The molecular formula is C12H9BrClN5. The zero-order valence-corrected chi connectivity index (χ0v) is 12.6. The zero-order chi connectivity index (χ0) is 13.6. The first kappa shape index (κ1) is 12.5. The van der Waals surface area contributed by atoms with Gasteiger partial charge in [0, 0.05) is 16.2 Å². The molecule has 96 valence electrons. The predicted molar refractivity (Wildman–Crippen MR) is 76.2 cm³/mol. The molecule has 0 aliphatic carbocycles. The fourth-order valence-electron chi connectivity index (χ4n) is 1.76. The molecule has 0 aliphatic rings. The summed E-state index contributed by atoms with van der Waals surface area (Å²) in [5, 5.41) is 13.1. The Balaban J connectivity index is 2.29. The summed E-state index contributed by atoms with van der Waals surface area (Å²) in [5.74, 6) is 0.576. The summed E-state index contributed by atoms with van der Waals surface area (Å²) in [6.45, 7) is 3.86. The molecule has 0 unspecified atom stereocenters. The standard InChI is InChI=1S/C12H9BrClN5/c1-6-7(2)11-16-17-12(19(11)18-10(6)14)9-4-3-8(13)5-15-9/h3-5H,1-2H3. The van der Waals surface area contributed by atoms with Gasteiger partial charge in [0.05, 0.1) is 0 Å². The van der Waals surface area contributed by atoms with Gasteiger partial charge in [0.25, 0.3) is 0 Å². The van der Waals surface area contributed by atoms with Gasteiger partial charge in [-0.15, -0.1) is 10.2 Å². The minimum Gasteiger partial charge on any atom is -0.252 e. The molecular weight excluding hydrogens is 330 g/mol. The van der Waals surface area contributed by atoms with Gasteiger partial charge in [0.2, 0.25) is 5.82 Å². The smallest absolute Gasteiger partial charge is 0.203 e. The van der Waals surface area contributed by atoms with Gasteiger partial charge in [-0.3, -0.25) is 4.98 Å². The molecule has 0 saturated heterocycles. The molecule has 0 amide bonds. The van der Waals surface area contributed by atoms with Crippen molar-refractivity contribution in [2.75, 3.05) is 0 Å². The minimum absolute atomic E-state index is 0.447. The molecule has 3 aromatic heterocycles. The fraction of sp³-hybridized carbons (Fsp3) is 0.167. The summed E-state index contributed by atoms with van der Waals surface area (Å²) in [4.78, 5) is 4.30. The van der Waals surface area contributed by atoms with Crippen molar-refractivity contribution in [2.45, 2.75) is 13.8 Å². The molecule has 0 aromatic carbocycles. The molecule has 3 rings (SSSR count).